The number of piperidine rings is 2. The lowest BCUT2D eigenvalue weighted by Crippen LogP contribution is -2.39. The molecule has 35 heavy (non-hydrogen) atoms. The van der Waals surface area contributed by atoms with Crippen molar-refractivity contribution in [2.75, 3.05) is 39.3 Å². The lowest BCUT2D eigenvalue weighted by molar-refractivity contribution is 0.0904. The third-order valence-electron chi connectivity index (χ3n) is 7.55. The highest BCUT2D eigenvalue weighted by molar-refractivity contribution is 5.94. The number of hydrogen-bond acceptors (Lipinski definition) is 6. The van der Waals surface area contributed by atoms with E-state index in [0.717, 1.165) is 69.7 Å². The fourth-order valence-electron chi connectivity index (χ4n) is 5.31. The van der Waals surface area contributed by atoms with E-state index in [1.54, 1.807) is 6.07 Å². The number of benzene rings is 1. The summed E-state index contributed by atoms with van der Waals surface area (Å²) in [7, 11) is 0. The Labute approximate surface area is 207 Å². The normalized spacial score (nSPS) is 20.3. The third kappa shape index (κ3) is 6.30. The molecule has 1 aromatic carbocycles. The van der Waals surface area contributed by atoms with Crippen molar-refractivity contribution in [1.82, 2.24) is 26.0 Å². The molecule has 1 saturated carbocycles. The number of aromatic nitrogens is 1. The maximum atomic E-state index is 13.1. The topological polar surface area (TPSA) is 99.5 Å². The number of rotatable bonds is 9. The summed E-state index contributed by atoms with van der Waals surface area (Å²) in [6, 6.07) is 9.29. The van der Waals surface area contributed by atoms with Gasteiger partial charge in [-0.3, -0.25) is 9.59 Å². The molecule has 8 heteroatoms. The Morgan fingerprint density at radius 3 is 2.63 bits per heavy atom. The molecule has 3 fully saturated rings. The van der Waals surface area contributed by atoms with Crippen molar-refractivity contribution < 1.29 is 14.1 Å². The van der Waals surface area contributed by atoms with E-state index in [2.05, 4.69) is 26.0 Å². The molecule has 2 saturated heterocycles. The second-order valence-electron chi connectivity index (χ2n) is 10.2. The monoisotopic (exact) mass is 479 g/mol. The van der Waals surface area contributed by atoms with Crippen LogP contribution in [-0.4, -0.2) is 61.1 Å². The zero-order valence-corrected chi connectivity index (χ0v) is 20.4. The van der Waals surface area contributed by atoms with Crippen LogP contribution in [0.2, 0.25) is 0 Å². The SMILES string of the molecule is O=C(NCCN1CCCCC1)c1cccc(C(NC(=O)c2cc(C3CC3)on2)C2CCNCC2)c1. The Hall–Kier alpha value is -2.71. The minimum atomic E-state index is -0.222. The van der Waals surface area contributed by atoms with Crippen molar-refractivity contribution in [1.29, 1.82) is 0 Å². The fourth-order valence-corrected chi connectivity index (χ4v) is 5.31. The predicted octanol–water partition coefficient (Wildman–Crippen LogP) is 3.24. The molecule has 0 spiro atoms. The molecule has 8 nitrogen and oxygen atoms in total. The van der Waals surface area contributed by atoms with Gasteiger partial charge in [-0.2, -0.15) is 0 Å². The van der Waals surface area contributed by atoms with E-state index in [0.29, 0.717) is 23.7 Å². The molecule has 188 valence electrons. The molecule has 3 aliphatic rings. The van der Waals surface area contributed by atoms with Gasteiger partial charge in [-0.15, -0.1) is 0 Å². The van der Waals surface area contributed by atoms with Gasteiger partial charge < -0.3 is 25.4 Å². The zero-order valence-electron chi connectivity index (χ0n) is 20.4. The van der Waals surface area contributed by atoms with Gasteiger partial charge in [0.1, 0.15) is 5.76 Å². The van der Waals surface area contributed by atoms with Crippen LogP contribution in [0.3, 0.4) is 0 Å². The lowest BCUT2D eigenvalue weighted by atomic mass is 9.85. The van der Waals surface area contributed by atoms with Crippen LogP contribution in [-0.2, 0) is 0 Å². The molecule has 3 N–H and O–H groups in total. The van der Waals surface area contributed by atoms with Crippen LogP contribution in [0.15, 0.2) is 34.9 Å². The van der Waals surface area contributed by atoms with Crippen LogP contribution < -0.4 is 16.0 Å². The quantitative estimate of drug-likeness (QED) is 0.511. The zero-order chi connectivity index (χ0) is 24.0. The molecule has 3 heterocycles. The highest BCUT2D eigenvalue weighted by Gasteiger charge is 2.31. The first kappa shape index (κ1) is 24.0. The summed E-state index contributed by atoms with van der Waals surface area (Å²) < 4.78 is 5.40. The molecule has 2 aliphatic heterocycles. The Kier molecular flexibility index (Phi) is 7.79. The molecule has 0 radical (unpaired) electrons. The maximum absolute atomic E-state index is 13.1. The summed E-state index contributed by atoms with van der Waals surface area (Å²) in [6.07, 6.45) is 7.92. The summed E-state index contributed by atoms with van der Waals surface area (Å²) in [5, 5.41) is 13.7. The molecule has 1 unspecified atom stereocenters. The Morgan fingerprint density at radius 1 is 1.06 bits per heavy atom. The molecule has 5 rings (SSSR count). The molecular weight excluding hydrogens is 442 g/mol. The summed E-state index contributed by atoms with van der Waals surface area (Å²) in [6.45, 7) is 5.62. The number of nitrogens with one attached hydrogen (secondary N) is 3. The molecule has 0 bridgehead atoms. The van der Waals surface area contributed by atoms with E-state index >= 15 is 0 Å². The van der Waals surface area contributed by atoms with Gasteiger partial charge in [0.25, 0.3) is 11.8 Å². The summed E-state index contributed by atoms with van der Waals surface area (Å²) in [5.41, 5.74) is 1.92. The minimum absolute atomic E-state index is 0.0650. The Bertz CT molecular complexity index is 1010. The van der Waals surface area contributed by atoms with Crippen LogP contribution in [0.4, 0.5) is 0 Å². The van der Waals surface area contributed by atoms with Crippen LogP contribution in [0.25, 0.3) is 0 Å². The van der Waals surface area contributed by atoms with Crippen LogP contribution in [0.5, 0.6) is 0 Å². The van der Waals surface area contributed by atoms with Gasteiger partial charge in [0.15, 0.2) is 5.69 Å². The molecular formula is C27H37N5O3. The van der Waals surface area contributed by atoms with Crippen molar-refractivity contribution in [2.24, 2.45) is 5.92 Å². The highest BCUT2D eigenvalue weighted by Crippen LogP contribution is 2.40. The number of carbonyl (C=O) groups is 2. The van der Waals surface area contributed by atoms with Crippen molar-refractivity contribution in [3.8, 4) is 0 Å². The summed E-state index contributed by atoms with van der Waals surface area (Å²) in [5.74, 6) is 1.21. The molecule has 1 aromatic heterocycles. The van der Waals surface area contributed by atoms with Crippen molar-refractivity contribution in [2.45, 2.75) is 56.9 Å². The molecule has 2 amide bonds. The minimum Gasteiger partial charge on any atom is -0.360 e. The highest BCUT2D eigenvalue weighted by atomic mass is 16.5. The van der Waals surface area contributed by atoms with Crippen LogP contribution >= 0.6 is 0 Å². The first-order chi connectivity index (χ1) is 17.2. The van der Waals surface area contributed by atoms with E-state index in [4.69, 9.17) is 4.52 Å². The van der Waals surface area contributed by atoms with Crippen molar-refractivity contribution >= 4 is 11.8 Å². The van der Waals surface area contributed by atoms with E-state index in [1.807, 2.05) is 24.3 Å². The van der Waals surface area contributed by atoms with Gasteiger partial charge in [-0.1, -0.05) is 23.7 Å². The second kappa shape index (κ2) is 11.4. The largest absolute Gasteiger partial charge is 0.360 e. The van der Waals surface area contributed by atoms with E-state index in [-0.39, 0.29) is 23.8 Å². The van der Waals surface area contributed by atoms with Crippen molar-refractivity contribution in [3.05, 3.63) is 52.9 Å². The summed E-state index contributed by atoms with van der Waals surface area (Å²) >= 11 is 0. The molecule has 1 aliphatic carbocycles. The third-order valence-corrected chi connectivity index (χ3v) is 7.55. The first-order valence-corrected chi connectivity index (χ1v) is 13.3. The summed E-state index contributed by atoms with van der Waals surface area (Å²) in [4.78, 5) is 28.4. The van der Waals surface area contributed by atoms with Crippen LogP contribution in [0.1, 0.15) is 89.1 Å². The number of amides is 2. The molecule has 1 atom stereocenters. The van der Waals surface area contributed by atoms with E-state index < -0.39 is 0 Å². The predicted molar refractivity (Wildman–Crippen MR) is 133 cm³/mol. The van der Waals surface area contributed by atoms with Gasteiger partial charge in [0, 0.05) is 30.6 Å². The van der Waals surface area contributed by atoms with E-state index in [1.165, 1.54) is 19.3 Å². The average Bonchev–Trinajstić information content (AvgIpc) is 3.64. The van der Waals surface area contributed by atoms with Gasteiger partial charge in [0.05, 0.1) is 6.04 Å². The van der Waals surface area contributed by atoms with Crippen molar-refractivity contribution in [3.63, 3.8) is 0 Å². The lowest BCUT2D eigenvalue weighted by Gasteiger charge is -2.31. The maximum Gasteiger partial charge on any atom is 0.273 e. The standard InChI is InChI=1S/C27H37N5O3/c33-26(29-13-16-32-14-2-1-3-15-32)22-6-4-5-21(17-22)25(20-9-11-28-12-10-20)30-27(34)23-18-24(35-31-23)19-7-8-19/h4-6,17-20,25,28H,1-3,7-16H2,(H,29,33)(H,30,34). The van der Waals surface area contributed by atoms with Crippen LogP contribution in [0, 0.1) is 5.92 Å². The number of hydrogen-bond donors (Lipinski definition) is 3. The average molecular weight is 480 g/mol. The van der Waals surface area contributed by atoms with Gasteiger partial charge in [0.2, 0.25) is 0 Å². The molecule has 2 aromatic rings. The van der Waals surface area contributed by atoms with Gasteiger partial charge in [-0.05, 0) is 88.3 Å². The van der Waals surface area contributed by atoms with Gasteiger partial charge in [-0.25, -0.2) is 0 Å². The number of nitrogens with zero attached hydrogens (tertiary/aromatic N) is 2. The smallest absolute Gasteiger partial charge is 0.273 e. The van der Waals surface area contributed by atoms with Gasteiger partial charge >= 0.3 is 0 Å². The number of likely N-dealkylation sites (tertiary alicyclic amines) is 1. The fraction of sp³-hybridized carbons (Fsp3) is 0.593. The van der Waals surface area contributed by atoms with E-state index in [9.17, 15) is 9.59 Å². The Morgan fingerprint density at radius 2 is 1.86 bits per heavy atom. The number of carbonyl (C=O) groups excluding carboxylic acids is 2. The second-order valence-corrected chi connectivity index (χ2v) is 10.2. The Balaban J connectivity index is 1.26. The first-order valence-electron chi connectivity index (χ1n) is 13.3.